The zero-order valence-electron chi connectivity index (χ0n) is 43.9. The van der Waals surface area contributed by atoms with E-state index in [-0.39, 0.29) is 11.3 Å². The van der Waals surface area contributed by atoms with Crippen molar-refractivity contribution in [1.29, 1.82) is 0 Å². The number of hydrogen-bond donors (Lipinski definition) is 5. The summed E-state index contributed by atoms with van der Waals surface area (Å²) in [6, 6.07) is 57.9. The second kappa shape index (κ2) is 26.0. The average Bonchev–Trinajstić information content (AvgIpc) is 3.58. The Morgan fingerprint density at radius 2 is 1.08 bits per heavy atom. The van der Waals surface area contributed by atoms with E-state index in [0.29, 0.717) is 28.9 Å². The number of thioether (sulfide) groups is 1. The van der Waals surface area contributed by atoms with Crippen molar-refractivity contribution in [3.63, 3.8) is 0 Å². The molecule has 79 heavy (non-hydrogen) atoms. The Morgan fingerprint density at radius 3 is 1.52 bits per heavy atom. The number of amides is 3. The van der Waals surface area contributed by atoms with Crippen molar-refractivity contribution in [2.24, 2.45) is 5.92 Å². The molecule has 1 fully saturated rings. The SMILES string of the molecule is CC(C)[C@H]1NC(=O)[C@H](C(c2ccccc2)(c2ccccc2)c2ccccc2)NC(=O)[C@@H](Cc2ccccc2C(F)(F)F)NC(=O)C[C@](C=CCCSC(c2ccccc2)(c2ccccc2)c2ccccc2)(CS)OC(=O)C[C@@H]1O. The molecule has 9 nitrogen and oxygen atoms in total. The van der Waals surface area contributed by atoms with Crippen LogP contribution in [0.4, 0.5) is 13.2 Å². The number of carbonyl (C=O) groups excluding carboxylic acids is 4. The molecule has 5 atom stereocenters. The van der Waals surface area contributed by atoms with Gasteiger partial charge in [0.25, 0.3) is 0 Å². The van der Waals surface area contributed by atoms with Gasteiger partial charge >= 0.3 is 12.1 Å². The number of nitrogens with one attached hydrogen (secondary N) is 3. The number of rotatable bonds is 16. The van der Waals surface area contributed by atoms with Crippen molar-refractivity contribution in [3.8, 4) is 0 Å². The highest BCUT2D eigenvalue weighted by atomic mass is 32.2. The lowest BCUT2D eigenvalue weighted by Crippen LogP contribution is -2.64. The number of carbonyl (C=O) groups is 4. The fourth-order valence-corrected chi connectivity index (χ4v) is 12.5. The highest BCUT2D eigenvalue weighted by Crippen LogP contribution is 2.49. The van der Waals surface area contributed by atoms with Crippen LogP contribution in [0.1, 0.15) is 77.6 Å². The molecule has 7 aromatic carbocycles. The molecular formula is C65H64F3N3O6S2. The monoisotopic (exact) mass is 1100 g/mol. The molecule has 0 unspecified atom stereocenters. The van der Waals surface area contributed by atoms with E-state index >= 15 is 9.59 Å². The van der Waals surface area contributed by atoms with Crippen LogP contribution >= 0.6 is 24.4 Å². The van der Waals surface area contributed by atoms with E-state index < -0.39 is 101 Å². The van der Waals surface area contributed by atoms with Crippen molar-refractivity contribution in [2.45, 2.75) is 85.7 Å². The molecule has 0 radical (unpaired) electrons. The van der Waals surface area contributed by atoms with Crippen molar-refractivity contribution in [1.82, 2.24) is 16.0 Å². The molecule has 1 aliphatic rings. The molecule has 0 bridgehead atoms. The van der Waals surface area contributed by atoms with Gasteiger partial charge in [0.1, 0.15) is 17.7 Å². The Kier molecular flexibility index (Phi) is 19.0. The van der Waals surface area contributed by atoms with Crippen molar-refractivity contribution in [2.75, 3.05) is 11.5 Å². The predicted molar refractivity (Wildman–Crippen MR) is 308 cm³/mol. The average molecular weight is 1100 g/mol. The molecule has 7 aromatic rings. The smallest absolute Gasteiger partial charge is 0.416 e. The number of halogens is 3. The van der Waals surface area contributed by atoms with Crippen LogP contribution in [0.2, 0.25) is 0 Å². The first-order valence-electron chi connectivity index (χ1n) is 26.3. The van der Waals surface area contributed by atoms with Crippen molar-refractivity contribution < 1.29 is 42.2 Å². The van der Waals surface area contributed by atoms with Crippen LogP contribution in [-0.2, 0) is 46.7 Å². The number of esters is 1. The molecule has 0 spiro atoms. The molecule has 3 amide bonds. The second-order valence-corrected chi connectivity index (χ2v) is 21.7. The van der Waals surface area contributed by atoms with Crippen LogP contribution in [0, 0.1) is 5.92 Å². The quantitative estimate of drug-likeness (QED) is 0.0214. The predicted octanol–water partition coefficient (Wildman–Crippen LogP) is 11.4. The van der Waals surface area contributed by atoms with Gasteiger partial charge in [-0.25, -0.2) is 0 Å². The number of aliphatic hydroxyl groups is 1. The number of hydrogen-bond acceptors (Lipinski definition) is 8. The lowest BCUT2D eigenvalue weighted by molar-refractivity contribution is -0.158. The number of allylic oxidation sites excluding steroid dienone is 1. The first-order valence-corrected chi connectivity index (χ1v) is 27.9. The van der Waals surface area contributed by atoms with E-state index in [1.807, 2.05) is 91.0 Å². The van der Waals surface area contributed by atoms with Crippen LogP contribution in [-0.4, -0.2) is 70.1 Å². The third-order valence-corrected chi connectivity index (χ3v) is 16.6. The van der Waals surface area contributed by atoms with Gasteiger partial charge in [0, 0.05) is 12.2 Å². The maximum Gasteiger partial charge on any atom is 0.416 e. The number of benzene rings is 7. The summed E-state index contributed by atoms with van der Waals surface area (Å²) in [6.45, 7) is 3.52. The van der Waals surface area contributed by atoms with E-state index in [1.165, 1.54) is 18.2 Å². The van der Waals surface area contributed by atoms with Crippen LogP contribution in [0.25, 0.3) is 0 Å². The van der Waals surface area contributed by atoms with Gasteiger partial charge in [0.15, 0.2) is 0 Å². The summed E-state index contributed by atoms with van der Waals surface area (Å²) in [5, 5.41) is 20.8. The third-order valence-electron chi connectivity index (χ3n) is 14.5. The number of cyclic esters (lactones) is 1. The number of ether oxygens (including phenoxy) is 1. The third kappa shape index (κ3) is 13.2. The fourth-order valence-electron chi connectivity index (χ4n) is 10.8. The molecule has 0 aromatic heterocycles. The second-order valence-electron chi connectivity index (χ2n) is 20.1. The molecular weight excluding hydrogens is 1040 g/mol. The minimum absolute atomic E-state index is 0.248. The lowest BCUT2D eigenvalue weighted by Gasteiger charge is -2.43. The Bertz CT molecular complexity index is 2960. The molecule has 8 rings (SSSR count). The maximum absolute atomic E-state index is 15.6. The molecule has 408 valence electrons. The number of alkyl halides is 3. The van der Waals surface area contributed by atoms with Crippen LogP contribution in [0.3, 0.4) is 0 Å². The van der Waals surface area contributed by atoms with Gasteiger partial charge in [-0.15, -0.1) is 11.8 Å². The van der Waals surface area contributed by atoms with E-state index in [1.54, 1.807) is 92.4 Å². The standard InChI is InChI=1S/C65H64F3N3O6S2/c1-45(2)58-55(72)42-57(74)77-62(44-78,39-23-24-40-79-64(50-32-15-6-16-33-50,51-34-17-7-18-35-51)52-36-19-8-20-37-52)43-56(73)69-54(41-46-25-21-22-38-53(46)65(66,67)68)60(75)71-59(61(76)70-58)63(47-26-9-3-10-27-47,48-28-11-4-12-29-48)49-30-13-5-14-31-49/h3-23,25-39,45,54-55,58-59,72,78H,24,40-44H2,1-2H3,(H,69,73)(H,70,76)(H,71,75)/t54-,55+,58-,59-,62-/m1/s1. The zero-order valence-corrected chi connectivity index (χ0v) is 45.6. The molecule has 14 heteroatoms. The Balaban J connectivity index is 1.21. The van der Waals surface area contributed by atoms with E-state index in [0.717, 1.165) is 22.8 Å². The van der Waals surface area contributed by atoms with Gasteiger partial charge < -0.3 is 25.8 Å². The molecule has 0 aliphatic carbocycles. The Hall–Kier alpha value is -7.39. The zero-order chi connectivity index (χ0) is 56.0. The van der Waals surface area contributed by atoms with Gasteiger partial charge in [-0.2, -0.15) is 25.8 Å². The van der Waals surface area contributed by atoms with Crippen LogP contribution < -0.4 is 16.0 Å². The topological polar surface area (TPSA) is 134 Å². The first kappa shape index (κ1) is 57.8. The Labute approximate surface area is 469 Å². The summed E-state index contributed by atoms with van der Waals surface area (Å²) in [7, 11) is 0. The summed E-state index contributed by atoms with van der Waals surface area (Å²) in [6.07, 6.45) is -4.49. The molecule has 1 aliphatic heterocycles. The minimum Gasteiger partial charge on any atom is -0.453 e. The lowest BCUT2D eigenvalue weighted by atomic mass is 9.64. The summed E-state index contributed by atoms with van der Waals surface area (Å²) in [4.78, 5) is 60.3. The highest BCUT2D eigenvalue weighted by Gasteiger charge is 2.50. The first-order chi connectivity index (χ1) is 38.1. The summed E-state index contributed by atoms with van der Waals surface area (Å²) in [5.74, 6) is -3.75. The van der Waals surface area contributed by atoms with Gasteiger partial charge in [0.2, 0.25) is 17.7 Å². The normalized spacial score (nSPS) is 20.1. The van der Waals surface area contributed by atoms with E-state index in [4.69, 9.17) is 4.74 Å². The molecule has 4 N–H and O–H groups in total. The molecule has 0 saturated carbocycles. The maximum atomic E-state index is 15.6. The minimum atomic E-state index is -4.84. The van der Waals surface area contributed by atoms with Crippen LogP contribution in [0.15, 0.2) is 218 Å². The number of thiol groups is 1. The van der Waals surface area contributed by atoms with Gasteiger partial charge in [-0.05, 0) is 69.2 Å². The Morgan fingerprint density at radius 1 is 0.633 bits per heavy atom. The fraction of sp³-hybridized carbons (Fsp3) is 0.262. The van der Waals surface area contributed by atoms with E-state index in [2.05, 4.69) is 65.0 Å². The largest absolute Gasteiger partial charge is 0.453 e. The summed E-state index contributed by atoms with van der Waals surface area (Å²) in [5.41, 5.74) is 0.205. The van der Waals surface area contributed by atoms with Gasteiger partial charge in [-0.1, -0.05) is 220 Å². The summed E-state index contributed by atoms with van der Waals surface area (Å²) < 4.78 is 49.9. The molecule has 1 saturated heterocycles. The summed E-state index contributed by atoms with van der Waals surface area (Å²) >= 11 is 6.36. The van der Waals surface area contributed by atoms with Gasteiger partial charge in [-0.3, -0.25) is 19.2 Å². The van der Waals surface area contributed by atoms with Crippen LogP contribution in [0.5, 0.6) is 0 Å². The highest BCUT2D eigenvalue weighted by molar-refractivity contribution is 8.00. The van der Waals surface area contributed by atoms with Crippen molar-refractivity contribution >= 4 is 48.1 Å². The van der Waals surface area contributed by atoms with Crippen molar-refractivity contribution in [3.05, 3.63) is 263 Å². The number of aliphatic hydroxyl groups excluding tert-OH is 1. The van der Waals surface area contributed by atoms with Gasteiger partial charge in [0.05, 0.1) is 40.7 Å². The molecule has 1 heterocycles. The van der Waals surface area contributed by atoms with E-state index in [9.17, 15) is 27.9 Å².